The van der Waals surface area contributed by atoms with Gasteiger partial charge in [0, 0.05) is 36.1 Å². The van der Waals surface area contributed by atoms with Gasteiger partial charge in [0.2, 0.25) is 0 Å². The summed E-state index contributed by atoms with van der Waals surface area (Å²) in [6.07, 6.45) is 1.67. The number of benzene rings is 1. The molecule has 3 rings (SSSR count). The number of nitrogens with zero attached hydrogens (tertiary/aromatic N) is 1. The van der Waals surface area contributed by atoms with E-state index in [1.807, 2.05) is 27.0 Å². The van der Waals surface area contributed by atoms with Gasteiger partial charge in [0.25, 0.3) is 0 Å². The topological polar surface area (TPSA) is 45.3 Å². The maximum absolute atomic E-state index is 13.3. The number of carbonyl (C=O) groups is 1. The number of rotatable bonds is 1. The third-order valence-electron chi connectivity index (χ3n) is 4.34. The van der Waals surface area contributed by atoms with E-state index in [2.05, 4.69) is 11.9 Å². The first-order valence-corrected chi connectivity index (χ1v) is 7.99. The highest BCUT2D eigenvalue weighted by Gasteiger charge is 2.36. The van der Waals surface area contributed by atoms with Gasteiger partial charge in [-0.1, -0.05) is 6.92 Å². The summed E-state index contributed by atoms with van der Waals surface area (Å²) in [4.78, 5) is 17.2. The Balaban J connectivity index is 1.82. The molecule has 2 heterocycles. The lowest BCUT2D eigenvalue weighted by Crippen LogP contribution is -2.35. The number of halogens is 1. The van der Waals surface area contributed by atoms with E-state index in [-0.39, 0.29) is 17.8 Å². The predicted molar refractivity (Wildman–Crippen MR) is 88.0 cm³/mol. The van der Waals surface area contributed by atoms with Crippen LogP contribution in [0.4, 0.5) is 9.18 Å². The number of hydrogen-bond donors (Lipinski definition) is 1. The molecule has 0 aliphatic carbocycles. The minimum Gasteiger partial charge on any atom is -0.444 e. The maximum Gasteiger partial charge on any atom is 0.410 e. The number of aromatic nitrogens is 1. The molecular formula is C18H23FN2O2. The molecule has 1 aromatic heterocycles. The number of aromatic amines is 1. The number of likely N-dealkylation sites (tertiary alicyclic amines) is 1. The zero-order chi connectivity index (χ0) is 16.8. The SMILES string of the molecule is CC1CN(C(=O)OC(C)(C)C)CC1c1c[nH]c2cc(F)ccc12. The van der Waals surface area contributed by atoms with Crippen molar-refractivity contribution in [1.29, 1.82) is 0 Å². The van der Waals surface area contributed by atoms with Crippen LogP contribution in [0.15, 0.2) is 24.4 Å². The summed E-state index contributed by atoms with van der Waals surface area (Å²) in [7, 11) is 0. The van der Waals surface area contributed by atoms with E-state index in [0.717, 1.165) is 16.5 Å². The first kappa shape index (κ1) is 15.8. The van der Waals surface area contributed by atoms with Crippen LogP contribution in [0, 0.1) is 11.7 Å². The molecule has 1 amide bonds. The normalized spacial score (nSPS) is 21.9. The lowest BCUT2D eigenvalue weighted by atomic mass is 9.90. The molecule has 1 aromatic carbocycles. The highest BCUT2D eigenvalue weighted by atomic mass is 19.1. The summed E-state index contributed by atoms with van der Waals surface area (Å²) < 4.78 is 18.8. The molecule has 1 aliphatic rings. The van der Waals surface area contributed by atoms with Crippen LogP contribution in [-0.2, 0) is 4.74 Å². The standard InChI is InChI=1S/C18H23FN2O2/c1-11-9-21(17(22)23-18(2,3)4)10-15(11)14-8-20-16-7-12(19)5-6-13(14)16/h5-8,11,15,20H,9-10H2,1-4H3. The second-order valence-corrected chi connectivity index (χ2v) is 7.40. The van der Waals surface area contributed by atoms with Crippen LogP contribution in [0.25, 0.3) is 10.9 Å². The number of amides is 1. The third kappa shape index (κ3) is 3.19. The van der Waals surface area contributed by atoms with Gasteiger partial charge in [0.15, 0.2) is 0 Å². The molecule has 4 nitrogen and oxygen atoms in total. The van der Waals surface area contributed by atoms with E-state index in [9.17, 15) is 9.18 Å². The molecule has 0 bridgehead atoms. The fourth-order valence-electron chi connectivity index (χ4n) is 3.27. The number of fused-ring (bicyclic) bond motifs is 1. The summed E-state index contributed by atoms with van der Waals surface area (Å²) >= 11 is 0. The Kier molecular flexibility index (Phi) is 3.82. The van der Waals surface area contributed by atoms with E-state index < -0.39 is 5.60 Å². The third-order valence-corrected chi connectivity index (χ3v) is 4.34. The Bertz CT molecular complexity index is 732. The molecule has 1 aliphatic heterocycles. The zero-order valence-corrected chi connectivity index (χ0v) is 14.0. The summed E-state index contributed by atoms with van der Waals surface area (Å²) in [5.41, 5.74) is 1.44. The molecule has 5 heteroatoms. The van der Waals surface area contributed by atoms with Crippen LogP contribution in [0.1, 0.15) is 39.2 Å². The molecule has 0 radical (unpaired) electrons. The van der Waals surface area contributed by atoms with Crippen LogP contribution < -0.4 is 0 Å². The quantitative estimate of drug-likeness (QED) is 0.853. The average Bonchev–Trinajstić information content (AvgIpc) is 2.99. The number of H-pyrrole nitrogens is 1. The van der Waals surface area contributed by atoms with Gasteiger partial charge in [-0.05, 0) is 50.5 Å². The number of ether oxygens (including phenoxy) is 1. The minimum atomic E-state index is -0.489. The van der Waals surface area contributed by atoms with Crippen molar-refractivity contribution in [1.82, 2.24) is 9.88 Å². The lowest BCUT2D eigenvalue weighted by molar-refractivity contribution is 0.0287. The second-order valence-electron chi connectivity index (χ2n) is 7.40. The van der Waals surface area contributed by atoms with Gasteiger partial charge in [0.05, 0.1) is 0 Å². The highest BCUT2D eigenvalue weighted by Crippen LogP contribution is 2.36. The first-order chi connectivity index (χ1) is 10.7. The highest BCUT2D eigenvalue weighted by molar-refractivity contribution is 5.84. The van der Waals surface area contributed by atoms with Crippen molar-refractivity contribution in [2.24, 2.45) is 5.92 Å². The molecule has 1 saturated heterocycles. The van der Waals surface area contributed by atoms with E-state index in [1.165, 1.54) is 12.1 Å². The summed E-state index contributed by atoms with van der Waals surface area (Å²) in [5, 5.41) is 1.02. The molecule has 0 saturated carbocycles. The molecule has 23 heavy (non-hydrogen) atoms. The summed E-state index contributed by atoms with van der Waals surface area (Å²) in [6.45, 7) is 9.05. The average molecular weight is 318 g/mol. The van der Waals surface area contributed by atoms with Crippen LogP contribution in [0.2, 0.25) is 0 Å². The van der Waals surface area contributed by atoms with E-state index in [1.54, 1.807) is 11.0 Å². The molecule has 1 fully saturated rings. The Labute approximate surface area is 135 Å². The van der Waals surface area contributed by atoms with Crippen molar-refractivity contribution >= 4 is 17.0 Å². The lowest BCUT2D eigenvalue weighted by Gasteiger charge is -2.24. The Hall–Kier alpha value is -2.04. The van der Waals surface area contributed by atoms with Crippen molar-refractivity contribution in [3.8, 4) is 0 Å². The van der Waals surface area contributed by atoms with Crippen LogP contribution in [0.5, 0.6) is 0 Å². The second kappa shape index (κ2) is 5.55. The smallest absolute Gasteiger partial charge is 0.410 e. The van der Waals surface area contributed by atoms with Crippen LogP contribution in [-0.4, -0.2) is 34.7 Å². The Morgan fingerprint density at radius 1 is 1.35 bits per heavy atom. The number of hydrogen-bond acceptors (Lipinski definition) is 2. The first-order valence-electron chi connectivity index (χ1n) is 7.99. The number of nitrogens with one attached hydrogen (secondary N) is 1. The summed E-state index contributed by atoms with van der Waals surface area (Å²) in [6, 6.07) is 4.79. The van der Waals surface area contributed by atoms with Crippen LogP contribution in [0.3, 0.4) is 0 Å². The van der Waals surface area contributed by atoms with Gasteiger partial charge in [-0.15, -0.1) is 0 Å². The Morgan fingerprint density at radius 2 is 2.09 bits per heavy atom. The van der Waals surface area contributed by atoms with Crippen molar-refractivity contribution in [3.63, 3.8) is 0 Å². The van der Waals surface area contributed by atoms with Crippen LogP contribution >= 0.6 is 0 Å². The molecule has 1 N–H and O–H groups in total. The monoisotopic (exact) mass is 318 g/mol. The van der Waals surface area contributed by atoms with Crippen molar-refractivity contribution in [2.75, 3.05) is 13.1 Å². The molecule has 2 aromatic rings. The van der Waals surface area contributed by atoms with Gasteiger partial charge in [-0.25, -0.2) is 9.18 Å². The molecule has 124 valence electrons. The largest absolute Gasteiger partial charge is 0.444 e. The molecule has 2 atom stereocenters. The van der Waals surface area contributed by atoms with E-state index in [0.29, 0.717) is 19.0 Å². The van der Waals surface area contributed by atoms with E-state index in [4.69, 9.17) is 4.74 Å². The van der Waals surface area contributed by atoms with Gasteiger partial charge in [0.1, 0.15) is 11.4 Å². The van der Waals surface area contributed by atoms with Gasteiger partial charge < -0.3 is 14.6 Å². The minimum absolute atomic E-state index is 0.224. The van der Waals surface area contributed by atoms with Crippen molar-refractivity contribution in [3.05, 3.63) is 35.8 Å². The van der Waals surface area contributed by atoms with Gasteiger partial charge >= 0.3 is 6.09 Å². The van der Waals surface area contributed by atoms with E-state index >= 15 is 0 Å². The van der Waals surface area contributed by atoms with Gasteiger partial charge in [-0.2, -0.15) is 0 Å². The zero-order valence-electron chi connectivity index (χ0n) is 14.0. The van der Waals surface area contributed by atoms with Gasteiger partial charge in [-0.3, -0.25) is 0 Å². The van der Waals surface area contributed by atoms with Crippen molar-refractivity contribution < 1.29 is 13.9 Å². The maximum atomic E-state index is 13.3. The predicted octanol–water partition coefficient (Wildman–Crippen LogP) is 4.28. The fraction of sp³-hybridized carbons (Fsp3) is 0.500. The van der Waals surface area contributed by atoms with Crippen molar-refractivity contribution in [2.45, 2.75) is 39.2 Å². The summed E-state index contributed by atoms with van der Waals surface area (Å²) in [5.74, 6) is 0.300. The Morgan fingerprint density at radius 3 is 2.78 bits per heavy atom. The fourth-order valence-corrected chi connectivity index (χ4v) is 3.27. The number of carbonyl (C=O) groups excluding carboxylic acids is 1. The molecule has 0 spiro atoms. The molecular weight excluding hydrogens is 295 g/mol. The molecule has 2 unspecified atom stereocenters.